The van der Waals surface area contributed by atoms with Gasteiger partial charge in [0, 0.05) is 0 Å². The summed E-state index contributed by atoms with van der Waals surface area (Å²) in [6.45, 7) is 9.63. The number of hydrogen-bond acceptors (Lipinski definition) is 1. The molecule has 0 atom stereocenters. The first-order chi connectivity index (χ1) is 16.1. The molecule has 4 rings (SSSR count). The molecular formula is C31H34ClOP. The Kier molecular flexibility index (Phi) is 8.95. The van der Waals surface area contributed by atoms with Crippen LogP contribution in [0, 0.1) is 20.8 Å². The molecule has 0 bridgehead atoms. The molecule has 0 heterocycles. The SMILES string of the molecule is CCCOc1cc(C)c(C[P+](c2ccccc2)(c2ccccc2)c2ccccc2)c(C)c1C.[Cl-]. The Hall–Kier alpha value is -2.60. The van der Waals surface area contributed by atoms with Gasteiger partial charge in [-0.15, -0.1) is 0 Å². The number of halogens is 1. The van der Waals surface area contributed by atoms with Crippen LogP contribution in [0.5, 0.6) is 5.75 Å². The van der Waals surface area contributed by atoms with Crippen molar-refractivity contribution in [3.8, 4) is 5.75 Å². The molecule has 0 amide bonds. The van der Waals surface area contributed by atoms with Gasteiger partial charge >= 0.3 is 0 Å². The predicted molar refractivity (Wildman–Crippen MR) is 145 cm³/mol. The first kappa shape index (κ1) is 26.0. The van der Waals surface area contributed by atoms with E-state index in [9.17, 15) is 0 Å². The van der Waals surface area contributed by atoms with Crippen LogP contribution in [0.4, 0.5) is 0 Å². The highest BCUT2D eigenvalue weighted by Gasteiger charge is 2.46. The largest absolute Gasteiger partial charge is 1.00 e. The van der Waals surface area contributed by atoms with E-state index in [4.69, 9.17) is 4.74 Å². The minimum absolute atomic E-state index is 0. The van der Waals surface area contributed by atoms with Gasteiger partial charge in [-0.05, 0) is 91.9 Å². The van der Waals surface area contributed by atoms with E-state index in [2.05, 4.69) is 125 Å². The maximum atomic E-state index is 6.10. The van der Waals surface area contributed by atoms with E-state index in [1.165, 1.54) is 38.2 Å². The highest BCUT2D eigenvalue weighted by Crippen LogP contribution is 2.59. The van der Waals surface area contributed by atoms with Crippen LogP contribution >= 0.6 is 7.26 Å². The van der Waals surface area contributed by atoms with Gasteiger partial charge in [-0.25, -0.2) is 0 Å². The third-order valence-corrected chi connectivity index (χ3v) is 11.0. The minimum Gasteiger partial charge on any atom is -1.00 e. The minimum atomic E-state index is -1.93. The van der Waals surface area contributed by atoms with Crippen LogP contribution in [0.25, 0.3) is 0 Å². The second-order valence-electron chi connectivity index (χ2n) is 8.74. The van der Waals surface area contributed by atoms with Crippen LogP contribution in [-0.4, -0.2) is 6.61 Å². The molecule has 3 heteroatoms. The number of ether oxygens (including phenoxy) is 1. The van der Waals surface area contributed by atoms with E-state index in [-0.39, 0.29) is 12.4 Å². The molecule has 4 aromatic carbocycles. The van der Waals surface area contributed by atoms with E-state index >= 15 is 0 Å². The van der Waals surface area contributed by atoms with E-state index < -0.39 is 7.26 Å². The van der Waals surface area contributed by atoms with Crippen molar-refractivity contribution in [2.24, 2.45) is 0 Å². The Bertz CT molecular complexity index is 1090. The molecule has 176 valence electrons. The highest BCUT2D eigenvalue weighted by atomic mass is 35.5. The fraction of sp³-hybridized carbons (Fsp3) is 0.226. The molecule has 0 saturated heterocycles. The summed E-state index contributed by atoms with van der Waals surface area (Å²) in [6.07, 6.45) is 2.02. The van der Waals surface area contributed by atoms with Gasteiger partial charge in [0.25, 0.3) is 0 Å². The summed E-state index contributed by atoms with van der Waals surface area (Å²) in [5.41, 5.74) is 5.38. The van der Waals surface area contributed by atoms with E-state index in [0.29, 0.717) is 0 Å². The second-order valence-corrected chi connectivity index (χ2v) is 12.2. The first-order valence-corrected chi connectivity index (χ1v) is 13.8. The Morgan fingerprint density at radius 3 is 1.50 bits per heavy atom. The topological polar surface area (TPSA) is 9.23 Å². The Morgan fingerprint density at radius 1 is 0.647 bits per heavy atom. The van der Waals surface area contributed by atoms with Crippen molar-refractivity contribution in [3.63, 3.8) is 0 Å². The highest BCUT2D eigenvalue weighted by molar-refractivity contribution is 7.95. The third kappa shape index (κ3) is 5.07. The zero-order valence-corrected chi connectivity index (χ0v) is 22.2. The molecule has 0 unspecified atom stereocenters. The van der Waals surface area contributed by atoms with Gasteiger partial charge < -0.3 is 17.1 Å². The normalized spacial score (nSPS) is 11.1. The number of benzene rings is 4. The zero-order chi connectivity index (χ0) is 23.3. The molecule has 0 aliphatic carbocycles. The summed E-state index contributed by atoms with van der Waals surface area (Å²) in [4.78, 5) is 0. The molecule has 0 aromatic heterocycles. The lowest BCUT2D eigenvalue weighted by Crippen LogP contribution is -3.00. The van der Waals surface area contributed by atoms with Crippen molar-refractivity contribution in [2.45, 2.75) is 40.3 Å². The summed E-state index contributed by atoms with van der Waals surface area (Å²) >= 11 is 0. The van der Waals surface area contributed by atoms with Crippen LogP contribution < -0.4 is 33.1 Å². The van der Waals surface area contributed by atoms with E-state index in [1.807, 2.05) is 0 Å². The molecular weight excluding hydrogens is 455 g/mol. The Labute approximate surface area is 212 Å². The summed E-state index contributed by atoms with van der Waals surface area (Å²) < 4.78 is 6.10. The maximum absolute atomic E-state index is 6.10. The molecule has 0 saturated carbocycles. The van der Waals surface area contributed by atoms with Crippen LogP contribution in [0.1, 0.15) is 35.6 Å². The van der Waals surface area contributed by atoms with E-state index in [0.717, 1.165) is 24.9 Å². The van der Waals surface area contributed by atoms with Gasteiger partial charge in [0.1, 0.15) is 28.9 Å². The van der Waals surface area contributed by atoms with Crippen molar-refractivity contribution in [1.29, 1.82) is 0 Å². The lowest BCUT2D eigenvalue weighted by atomic mass is 9.98. The second kappa shape index (κ2) is 11.7. The van der Waals surface area contributed by atoms with Crippen LogP contribution in [-0.2, 0) is 6.16 Å². The van der Waals surface area contributed by atoms with Gasteiger partial charge in [-0.2, -0.15) is 0 Å². The fourth-order valence-corrected chi connectivity index (χ4v) is 9.16. The first-order valence-electron chi connectivity index (χ1n) is 11.8. The number of hydrogen-bond donors (Lipinski definition) is 0. The monoisotopic (exact) mass is 488 g/mol. The van der Waals surface area contributed by atoms with E-state index in [1.54, 1.807) is 0 Å². The quantitative estimate of drug-likeness (QED) is 0.342. The number of rotatable bonds is 8. The van der Waals surface area contributed by atoms with Gasteiger partial charge in [0.05, 0.1) is 12.8 Å². The average Bonchev–Trinajstić information content (AvgIpc) is 2.87. The Morgan fingerprint density at radius 2 is 1.09 bits per heavy atom. The fourth-order valence-electron chi connectivity index (χ4n) is 4.71. The van der Waals surface area contributed by atoms with Gasteiger partial charge in [-0.3, -0.25) is 0 Å². The lowest BCUT2D eigenvalue weighted by Gasteiger charge is -2.29. The summed E-state index contributed by atoms with van der Waals surface area (Å²) in [5, 5.41) is 4.26. The predicted octanol–water partition coefficient (Wildman–Crippen LogP) is 3.90. The molecule has 0 fully saturated rings. The van der Waals surface area contributed by atoms with Crippen LogP contribution in [0.2, 0.25) is 0 Å². The van der Waals surface area contributed by atoms with Crippen molar-refractivity contribution in [3.05, 3.63) is 119 Å². The summed E-state index contributed by atoms with van der Waals surface area (Å²) in [7, 11) is -1.93. The molecule has 0 spiro atoms. The number of aryl methyl sites for hydroxylation is 1. The van der Waals surface area contributed by atoms with Crippen LogP contribution in [0.3, 0.4) is 0 Å². The van der Waals surface area contributed by atoms with Gasteiger partial charge in [0.2, 0.25) is 0 Å². The maximum Gasteiger partial charge on any atom is 0.122 e. The molecule has 0 aliphatic rings. The summed E-state index contributed by atoms with van der Waals surface area (Å²) in [6, 6.07) is 35.7. The van der Waals surface area contributed by atoms with Crippen molar-refractivity contribution >= 4 is 23.2 Å². The smallest absolute Gasteiger partial charge is 0.122 e. The average molecular weight is 489 g/mol. The van der Waals surface area contributed by atoms with Crippen molar-refractivity contribution < 1.29 is 17.1 Å². The van der Waals surface area contributed by atoms with Crippen molar-refractivity contribution in [2.75, 3.05) is 6.61 Å². The third-order valence-electron chi connectivity index (χ3n) is 6.66. The van der Waals surface area contributed by atoms with Crippen LogP contribution in [0.15, 0.2) is 97.1 Å². The molecule has 4 aromatic rings. The standard InChI is InChI=1S/C31H34OP.ClH/c1-5-21-32-31-22-24(2)30(25(3)26(31)4)23-33(27-15-9-6-10-16-27,28-17-11-7-12-18-28)29-19-13-8-14-20-29;/h6-20,22H,5,21,23H2,1-4H3;1H/q+1;/p-1. The van der Waals surface area contributed by atoms with Gasteiger partial charge in [-0.1, -0.05) is 61.5 Å². The molecule has 0 N–H and O–H groups in total. The molecule has 1 nitrogen and oxygen atoms in total. The van der Waals surface area contributed by atoms with Gasteiger partial charge in [0.15, 0.2) is 0 Å². The Balaban J connectivity index is 0.00000324. The molecule has 0 radical (unpaired) electrons. The lowest BCUT2D eigenvalue weighted by molar-refractivity contribution is -0.00000716. The molecule has 34 heavy (non-hydrogen) atoms. The molecule has 0 aliphatic heterocycles. The zero-order valence-electron chi connectivity index (χ0n) is 20.6. The summed E-state index contributed by atoms with van der Waals surface area (Å²) in [5.74, 6) is 1.03. The van der Waals surface area contributed by atoms with Crippen molar-refractivity contribution in [1.82, 2.24) is 0 Å².